The number of hydrogen-bond acceptors (Lipinski definition) is 4. The molecule has 118 valence electrons. The molecule has 23 heavy (non-hydrogen) atoms. The van der Waals surface area contributed by atoms with E-state index in [2.05, 4.69) is 6.58 Å². The Labute approximate surface area is 135 Å². The fourth-order valence-corrected chi connectivity index (χ4v) is 2.01. The molecule has 0 aliphatic carbocycles. The summed E-state index contributed by atoms with van der Waals surface area (Å²) in [6.07, 6.45) is 0.254. The van der Waals surface area contributed by atoms with Crippen molar-refractivity contribution in [2.24, 2.45) is 0 Å². The van der Waals surface area contributed by atoms with Gasteiger partial charge in [-0.2, -0.15) is 0 Å². The lowest BCUT2D eigenvalue weighted by Gasteiger charge is -2.07. The Balaban J connectivity index is 1.63. The maximum absolute atomic E-state index is 11.5. The summed E-state index contributed by atoms with van der Waals surface area (Å²) in [4.78, 5) is 11.5. The van der Waals surface area contributed by atoms with Crippen molar-refractivity contribution in [2.45, 2.75) is 13.0 Å². The summed E-state index contributed by atoms with van der Waals surface area (Å²) in [6, 6.07) is 15.2. The second-order valence-corrected chi connectivity index (χ2v) is 5.48. The van der Waals surface area contributed by atoms with Crippen molar-refractivity contribution in [1.82, 2.24) is 0 Å². The summed E-state index contributed by atoms with van der Waals surface area (Å²) in [6.45, 7) is 6.57. The van der Waals surface area contributed by atoms with E-state index in [4.69, 9.17) is 14.2 Å². The van der Waals surface area contributed by atoms with Crippen LogP contribution in [0, 0.1) is 0 Å². The molecule has 0 N–H and O–H groups in total. The lowest BCUT2D eigenvalue weighted by molar-refractivity contribution is -0.130. The molecular weight excluding hydrogens is 292 g/mol. The van der Waals surface area contributed by atoms with Gasteiger partial charge in [0.15, 0.2) is 0 Å². The molecule has 0 amide bonds. The fraction of sp³-hybridized carbons (Fsp3) is 0.211. The zero-order chi connectivity index (χ0) is 16.2. The number of esters is 1. The average molecular weight is 310 g/mol. The number of rotatable bonds is 6. The van der Waals surface area contributed by atoms with Gasteiger partial charge in [0.2, 0.25) is 0 Å². The monoisotopic (exact) mass is 310 g/mol. The predicted molar refractivity (Wildman–Crippen MR) is 87.6 cm³/mol. The van der Waals surface area contributed by atoms with Gasteiger partial charge in [-0.25, -0.2) is 4.79 Å². The Morgan fingerprint density at radius 3 is 2.09 bits per heavy atom. The van der Waals surface area contributed by atoms with Gasteiger partial charge in [0.25, 0.3) is 0 Å². The van der Waals surface area contributed by atoms with E-state index in [9.17, 15) is 4.79 Å². The highest BCUT2D eigenvalue weighted by molar-refractivity contribution is 5.88. The Morgan fingerprint density at radius 2 is 1.61 bits per heavy atom. The number of benzene rings is 2. The second kappa shape index (κ2) is 6.67. The minimum absolute atomic E-state index is 0.254. The van der Waals surface area contributed by atoms with E-state index in [1.165, 1.54) is 0 Å². The van der Waals surface area contributed by atoms with Gasteiger partial charge < -0.3 is 14.2 Å². The molecule has 1 atom stereocenters. The highest BCUT2D eigenvalue weighted by atomic mass is 16.6. The minimum atomic E-state index is -0.418. The Hall–Kier alpha value is -2.59. The first-order chi connectivity index (χ1) is 11.1. The molecular formula is C19H18O4. The lowest BCUT2D eigenvalue weighted by Crippen LogP contribution is -2.07. The van der Waals surface area contributed by atoms with Crippen LogP contribution in [0.3, 0.4) is 0 Å². The number of epoxide rings is 1. The molecule has 1 fully saturated rings. The normalized spacial score (nSPS) is 15.8. The van der Waals surface area contributed by atoms with Crippen LogP contribution in [-0.4, -0.2) is 25.3 Å². The molecule has 0 bridgehead atoms. The fourth-order valence-electron chi connectivity index (χ4n) is 2.01. The molecule has 1 unspecified atom stereocenters. The number of hydrogen-bond donors (Lipinski definition) is 0. The minimum Gasteiger partial charge on any atom is -0.491 e. The van der Waals surface area contributed by atoms with E-state index in [0.29, 0.717) is 17.9 Å². The van der Waals surface area contributed by atoms with Crippen molar-refractivity contribution in [3.63, 3.8) is 0 Å². The van der Waals surface area contributed by atoms with E-state index in [-0.39, 0.29) is 6.10 Å². The van der Waals surface area contributed by atoms with Crippen LogP contribution in [0.5, 0.6) is 11.5 Å². The topological polar surface area (TPSA) is 48.1 Å². The van der Waals surface area contributed by atoms with Crippen molar-refractivity contribution >= 4 is 5.97 Å². The third-order valence-corrected chi connectivity index (χ3v) is 3.44. The maximum atomic E-state index is 11.5. The summed E-state index contributed by atoms with van der Waals surface area (Å²) in [5, 5.41) is 0. The number of carbonyl (C=O) groups excluding carboxylic acids is 1. The molecule has 0 radical (unpaired) electrons. The van der Waals surface area contributed by atoms with Crippen molar-refractivity contribution < 1.29 is 19.0 Å². The van der Waals surface area contributed by atoms with Gasteiger partial charge in [0, 0.05) is 5.57 Å². The van der Waals surface area contributed by atoms with E-state index < -0.39 is 5.97 Å². The molecule has 0 saturated carbocycles. The molecule has 0 spiro atoms. The van der Waals surface area contributed by atoms with Crippen LogP contribution in [-0.2, 0) is 9.53 Å². The molecule has 1 aliphatic heterocycles. The molecule has 1 saturated heterocycles. The largest absolute Gasteiger partial charge is 0.491 e. The molecule has 4 nitrogen and oxygen atoms in total. The van der Waals surface area contributed by atoms with Gasteiger partial charge >= 0.3 is 5.97 Å². The van der Waals surface area contributed by atoms with Gasteiger partial charge in [0.1, 0.15) is 24.2 Å². The summed E-state index contributed by atoms with van der Waals surface area (Å²) in [7, 11) is 0. The molecule has 1 aliphatic rings. The van der Waals surface area contributed by atoms with Crippen LogP contribution < -0.4 is 9.47 Å². The van der Waals surface area contributed by atoms with E-state index in [0.717, 1.165) is 23.5 Å². The van der Waals surface area contributed by atoms with Gasteiger partial charge in [-0.05, 0) is 42.3 Å². The molecule has 2 aromatic rings. The number of ether oxygens (including phenoxy) is 3. The molecule has 3 rings (SSSR count). The van der Waals surface area contributed by atoms with Gasteiger partial charge in [-0.3, -0.25) is 0 Å². The first-order valence-electron chi connectivity index (χ1n) is 7.44. The second-order valence-electron chi connectivity index (χ2n) is 5.48. The highest BCUT2D eigenvalue weighted by Gasteiger charge is 2.22. The van der Waals surface area contributed by atoms with Crippen molar-refractivity contribution in [2.75, 3.05) is 13.2 Å². The van der Waals surface area contributed by atoms with Crippen LogP contribution in [0.25, 0.3) is 11.1 Å². The van der Waals surface area contributed by atoms with E-state index in [1.54, 1.807) is 19.1 Å². The zero-order valence-electron chi connectivity index (χ0n) is 13.0. The summed E-state index contributed by atoms with van der Waals surface area (Å²) < 4.78 is 15.9. The Kier molecular flexibility index (Phi) is 4.44. The van der Waals surface area contributed by atoms with Crippen LogP contribution >= 0.6 is 0 Å². The molecule has 1 heterocycles. The maximum Gasteiger partial charge on any atom is 0.338 e. The molecule has 0 aromatic heterocycles. The average Bonchev–Trinajstić information content (AvgIpc) is 3.38. The standard InChI is InChI=1S/C19H18O4/c1-13(2)19(20)23-17-9-5-15(6-10-17)14-3-7-16(8-4-14)21-11-18-12-22-18/h3-10,18H,1,11-12H2,2H3. The van der Waals surface area contributed by atoms with Crippen LogP contribution in [0.1, 0.15) is 6.92 Å². The summed E-state index contributed by atoms with van der Waals surface area (Å²) >= 11 is 0. The first kappa shape index (κ1) is 15.3. The van der Waals surface area contributed by atoms with E-state index in [1.807, 2.05) is 36.4 Å². The van der Waals surface area contributed by atoms with Gasteiger partial charge in [0.05, 0.1) is 6.61 Å². The summed E-state index contributed by atoms with van der Waals surface area (Å²) in [5.41, 5.74) is 2.48. The first-order valence-corrected chi connectivity index (χ1v) is 7.44. The van der Waals surface area contributed by atoms with Gasteiger partial charge in [-0.1, -0.05) is 30.8 Å². The summed E-state index contributed by atoms with van der Waals surface area (Å²) in [5.74, 6) is 0.918. The third kappa shape index (κ3) is 4.20. The number of carbonyl (C=O) groups is 1. The Morgan fingerprint density at radius 1 is 1.09 bits per heavy atom. The van der Waals surface area contributed by atoms with Crippen LogP contribution in [0.15, 0.2) is 60.7 Å². The quantitative estimate of drug-likeness (QED) is 0.354. The molecule has 2 aromatic carbocycles. The van der Waals surface area contributed by atoms with Gasteiger partial charge in [-0.15, -0.1) is 0 Å². The molecule has 4 heteroatoms. The lowest BCUT2D eigenvalue weighted by atomic mass is 10.1. The van der Waals surface area contributed by atoms with E-state index >= 15 is 0 Å². The third-order valence-electron chi connectivity index (χ3n) is 3.44. The van der Waals surface area contributed by atoms with Crippen molar-refractivity contribution in [3.8, 4) is 22.6 Å². The smallest absolute Gasteiger partial charge is 0.338 e. The van der Waals surface area contributed by atoms with Crippen LogP contribution in [0.4, 0.5) is 0 Å². The van der Waals surface area contributed by atoms with Crippen molar-refractivity contribution in [1.29, 1.82) is 0 Å². The Bertz CT molecular complexity index is 697. The predicted octanol–water partition coefficient (Wildman–Crippen LogP) is 3.61. The zero-order valence-corrected chi connectivity index (χ0v) is 13.0. The van der Waals surface area contributed by atoms with Crippen LogP contribution in [0.2, 0.25) is 0 Å². The SMILES string of the molecule is C=C(C)C(=O)Oc1ccc(-c2ccc(OCC3CO3)cc2)cc1. The highest BCUT2D eigenvalue weighted by Crippen LogP contribution is 2.25. The van der Waals surface area contributed by atoms with Crippen molar-refractivity contribution in [3.05, 3.63) is 60.7 Å².